The van der Waals surface area contributed by atoms with E-state index in [1.54, 1.807) is 25.1 Å². The molecule has 0 fully saturated rings. The molecule has 0 heterocycles. The zero-order chi connectivity index (χ0) is 19.0. The molecule has 0 amide bonds. The Hall–Kier alpha value is -1.84. The smallest absolute Gasteiger partial charge is 0.139 e. The molecule has 8 heteroatoms. The maximum atomic E-state index is 10.0. The number of aliphatic hydroxyl groups is 6. The molecular formula is C17H26O8. The Labute approximate surface area is 146 Å². The molecule has 0 aromatic heterocycles. The lowest BCUT2D eigenvalue weighted by molar-refractivity contribution is -0.112. The molecule has 0 bridgehead atoms. The number of hydrogen-bond acceptors (Lipinski definition) is 8. The van der Waals surface area contributed by atoms with Crippen molar-refractivity contribution in [2.24, 2.45) is 0 Å². The van der Waals surface area contributed by atoms with Crippen LogP contribution in [0.3, 0.4) is 0 Å². The Kier molecular flexibility index (Phi) is 8.67. The molecule has 1 aromatic carbocycles. The monoisotopic (exact) mass is 358 g/mol. The Morgan fingerprint density at radius 1 is 1.04 bits per heavy atom. The Balaban J connectivity index is 3.03. The lowest BCUT2D eigenvalue weighted by Gasteiger charge is -2.25. The van der Waals surface area contributed by atoms with Crippen LogP contribution < -0.4 is 9.47 Å². The summed E-state index contributed by atoms with van der Waals surface area (Å²) >= 11 is 0. The Morgan fingerprint density at radius 2 is 1.68 bits per heavy atom. The molecule has 0 unspecified atom stereocenters. The highest BCUT2D eigenvalue weighted by molar-refractivity contribution is 5.61. The van der Waals surface area contributed by atoms with E-state index >= 15 is 0 Å². The fourth-order valence-electron chi connectivity index (χ4n) is 2.11. The van der Waals surface area contributed by atoms with Crippen molar-refractivity contribution in [3.63, 3.8) is 0 Å². The van der Waals surface area contributed by atoms with E-state index in [-0.39, 0.29) is 0 Å². The summed E-state index contributed by atoms with van der Waals surface area (Å²) in [4.78, 5) is 0. The average molecular weight is 358 g/mol. The highest BCUT2D eigenvalue weighted by Crippen LogP contribution is 2.27. The van der Waals surface area contributed by atoms with E-state index in [1.807, 2.05) is 6.92 Å². The van der Waals surface area contributed by atoms with Gasteiger partial charge in [-0.25, -0.2) is 0 Å². The Morgan fingerprint density at radius 3 is 2.24 bits per heavy atom. The van der Waals surface area contributed by atoms with Crippen LogP contribution in [0, 0.1) is 0 Å². The minimum absolute atomic E-state index is 0.365. The summed E-state index contributed by atoms with van der Waals surface area (Å²) in [5, 5.41) is 57.4. The van der Waals surface area contributed by atoms with Gasteiger partial charge in [-0.05, 0) is 32.1 Å². The van der Waals surface area contributed by atoms with E-state index in [9.17, 15) is 25.5 Å². The van der Waals surface area contributed by atoms with Crippen molar-refractivity contribution in [1.29, 1.82) is 0 Å². The van der Waals surface area contributed by atoms with Crippen LogP contribution >= 0.6 is 0 Å². The van der Waals surface area contributed by atoms with E-state index in [1.165, 1.54) is 6.08 Å². The number of ether oxygens (including phenoxy) is 2. The van der Waals surface area contributed by atoms with Crippen molar-refractivity contribution < 1.29 is 40.1 Å². The fourth-order valence-corrected chi connectivity index (χ4v) is 2.11. The van der Waals surface area contributed by atoms with Crippen molar-refractivity contribution >= 4 is 6.08 Å². The van der Waals surface area contributed by atoms with Crippen LogP contribution in [0.15, 0.2) is 24.0 Å². The molecule has 0 saturated carbocycles. The molecule has 1 aromatic rings. The van der Waals surface area contributed by atoms with Gasteiger partial charge < -0.3 is 40.1 Å². The van der Waals surface area contributed by atoms with E-state index in [0.29, 0.717) is 30.3 Å². The number of hydrogen-bond donors (Lipinski definition) is 6. The molecule has 0 aliphatic carbocycles. The van der Waals surface area contributed by atoms with E-state index in [4.69, 9.17) is 14.6 Å². The van der Waals surface area contributed by atoms with Gasteiger partial charge in [-0.3, -0.25) is 0 Å². The fraction of sp³-hybridized carbons (Fsp3) is 0.529. The normalized spacial score (nSPS) is 16.8. The summed E-state index contributed by atoms with van der Waals surface area (Å²) < 4.78 is 10.8. The van der Waals surface area contributed by atoms with Gasteiger partial charge in [-0.1, -0.05) is 0 Å². The second-order valence-electron chi connectivity index (χ2n) is 5.31. The Bertz CT molecular complexity index is 560. The average Bonchev–Trinajstić information content (AvgIpc) is 2.61. The highest BCUT2D eigenvalue weighted by atomic mass is 16.5. The van der Waals surface area contributed by atoms with Gasteiger partial charge in [0.1, 0.15) is 41.7 Å². The SMILES string of the molecule is CCOc1ccc(C=C(O)[C@H](O)[C@@H](O)[C@H](O)[C@H](O)CO)c(OCC)c1. The first-order chi connectivity index (χ1) is 11.8. The summed E-state index contributed by atoms with van der Waals surface area (Å²) in [6.07, 6.45) is -6.06. The third-order valence-corrected chi connectivity index (χ3v) is 3.46. The summed E-state index contributed by atoms with van der Waals surface area (Å²) in [6.45, 7) is 3.66. The summed E-state index contributed by atoms with van der Waals surface area (Å²) in [6, 6.07) is 4.88. The number of aliphatic hydroxyl groups excluding tert-OH is 6. The molecule has 0 spiro atoms. The minimum atomic E-state index is -1.89. The zero-order valence-corrected chi connectivity index (χ0v) is 14.2. The van der Waals surface area contributed by atoms with Crippen molar-refractivity contribution in [3.8, 4) is 11.5 Å². The first kappa shape index (κ1) is 21.2. The van der Waals surface area contributed by atoms with Crippen LogP contribution in [0.25, 0.3) is 6.08 Å². The zero-order valence-electron chi connectivity index (χ0n) is 14.2. The molecule has 25 heavy (non-hydrogen) atoms. The maximum absolute atomic E-state index is 10.0. The van der Waals surface area contributed by atoms with Crippen LogP contribution in [-0.2, 0) is 0 Å². The third-order valence-electron chi connectivity index (χ3n) is 3.46. The third kappa shape index (κ3) is 5.87. The molecule has 142 valence electrons. The van der Waals surface area contributed by atoms with Crippen molar-refractivity contribution in [2.75, 3.05) is 19.8 Å². The first-order valence-corrected chi connectivity index (χ1v) is 7.98. The van der Waals surface area contributed by atoms with Crippen LogP contribution in [-0.4, -0.2) is 74.9 Å². The predicted octanol–water partition coefficient (Wildman–Crippen LogP) is -0.181. The lowest BCUT2D eigenvalue weighted by Crippen LogP contribution is -2.46. The van der Waals surface area contributed by atoms with Gasteiger partial charge in [0.2, 0.25) is 0 Å². The first-order valence-electron chi connectivity index (χ1n) is 7.98. The summed E-state index contributed by atoms with van der Waals surface area (Å²) in [5.41, 5.74) is 0.422. The highest BCUT2D eigenvalue weighted by Gasteiger charge is 2.32. The maximum Gasteiger partial charge on any atom is 0.139 e. The number of rotatable bonds is 10. The lowest BCUT2D eigenvalue weighted by atomic mass is 10.0. The topological polar surface area (TPSA) is 140 Å². The molecule has 0 aliphatic heterocycles. The molecule has 8 nitrogen and oxygen atoms in total. The quantitative estimate of drug-likeness (QED) is 0.317. The minimum Gasteiger partial charge on any atom is -0.509 e. The van der Waals surface area contributed by atoms with E-state index in [2.05, 4.69) is 0 Å². The van der Waals surface area contributed by atoms with Crippen LogP contribution in [0.4, 0.5) is 0 Å². The molecular weight excluding hydrogens is 332 g/mol. The second kappa shape index (κ2) is 10.2. The van der Waals surface area contributed by atoms with Crippen LogP contribution in [0.5, 0.6) is 11.5 Å². The van der Waals surface area contributed by atoms with Gasteiger partial charge in [-0.2, -0.15) is 0 Å². The van der Waals surface area contributed by atoms with Gasteiger partial charge in [-0.15, -0.1) is 0 Å². The van der Waals surface area contributed by atoms with Gasteiger partial charge >= 0.3 is 0 Å². The van der Waals surface area contributed by atoms with Crippen molar-refractivity contribution in [2.45, 2.75) is 38.3 Å². The molecule has 4 atom stereocenters. The summed E-state index contributed by atoms with van der Waals surface area (Å²) in [5.74, 6) is 0.337. The van der Waals surface area contributed by atoms with Gasteiger partial charge in [0.15, 0.2) is 0 Å². The molecule has 0 aliphatic rings. The van der Waals surface area contributed by atoms with E-state index < -0.39 is 36.8 Å². The standard InChI is InChI=1S/C17H26O8/c1-3-24-11-6-5-10(14(8-11)25-4-2)7-12(19)15(21)17(23)16(22)13(20)9-18/h5-8,13,15-23H,3-4,9H2,1-2H3/t13-,15+,16-,17-/m1/s1. The van der Waals surface area contributed by atoms with Crippen molar-refractivity contribution in [1.82, 2.24) is 0 Å². The van der Waals surface area contributed by atoms with Crippen molar-refractivity contribution in [3.05, 3.63) is 29.5 Å². The second-order valence-corrected chi connectivity index (χ2v) is 5.31. The van der Waals surface area contributed by atoms with Gasteiger partial charge in [0, 0.05) is 11.6 Å². The van der Waals surface area contributed by atoms with Gasteiger partial charge in [0.05, 0.1) is 19.8 Å². The molecule has 6 N–H and O–H groups in total. The molecule has 0 radical (unpaired) electrons. The van der Waals surface area contributed by atoms with Crippen LogP contribution in [0.2, 0.25) is 0 Å². The predicted molar refractivity (Wildman–Crippen MR) is 90.5 cm³/mol. The molecule has 0 saturated heterocycles. The largest absolute Gasteiger partial charge is 0.509 e. The van der Waals surface area contributed by atoms with Crippen LogP contribution in [0.1, 0.15) is 19.4 Å². The van der Waals surface area contributed by atoms with E-state index in [0.717, 1.165) is 0 Å². The summed E-state index contributed by atoms with van der Waals surface area (Å²) in [7, 11) is 0. The molecule has 1 rings (SSSR count). The van der Waals surface area contributed by atoms with Gasteiger partial charge in [0.25, 0.3) is 0 Å². The number of benzene rings is 1.